The molecule has 1 aromatic heterocycles. The van der Waals surface area contributed by atoms with Gasteiger partial charge in [-0.05, 0) is 0 Å². The van der Waals surface area contributed by atoms with E-state index in [4.69, 9.17) is 9.47 Å². The molecule has 2 fully saturated rings. The Bertz CT molecular complexity index is 670. The number of aromatic amines is 1. The fourth-order valence-electron chi connectivity index (χ4n) is 2.78. The van der Waals surface area contributed by atoms with Crippen molar-refractivity contribution in [2.75, 3.05) is 37.9 Å². The maximum Gasteiger partial charge on any atom is 0.330 e. The molecule has 0 radical (unpaired) electrons. The Kier molecular flexibility index (Phi) is 4.48. The van der Waals surface area contributed by atoms with Gasteiger partial charge in [-0.25, -0.2) is 9.18 Å². The van der Waals surface area contributed by atoms with E-state index in [1.54, 1.807) is 4.90 Å². The van der Waals surface area contributed by atoms with Crippen molar-refractivity contribution in [3.05, 3.63) is 27.0 Å². The summed E-state index contributed by atoms with van der Waals surface area (Å²) in [5.74, 6) is 0. The molecular weight excluding hydrogens is 313 g/mol. The minimum absolute atomic E-state index is 0.224. The van der Waals surface area contributed by atoms with Crippen molar-refractivity contribution in [3.8, 4) is 0 Å². The Balaban J connectivity index is 1.96. The van der Waals surface area contributed by atoms with Crippen LogP contribution in [0.4, 0.5) is 10.1 Å². The third kappa shape index (κ3) is 2.90. The van der Waals surface area contributed by atoms with E-state index in [1.807, 2.05) is 0 Å². The van der Waals surface area contributed by atoms with Gasteiger partial charge in [0.15, 0.2) is 6.23 Å². The normalized spacial score (nSPS) is 31.5. The number of alkyl halides is 1. The minimum Gasteiger partial charge on any atom is -0.387 e. The average molecular weight is 331 g/mol. The van der Waals surface area contributed by atoms with Crippen molar-refractivity contribution in [3.63, 3.8) is 0 Å². The lowest BCUT2D eigenvalue weighted by atomic mass is 10.1. The molecule has 2 aliphatic rings. The number of nitrogens with one attached hydrogen (secondary N) is 1. The second-order valence-electron chi connectivity index (χ2n) is 5.48. The van der Waals surface area contributed by atoms with Crippen LogP contribution in [0.3, 0.4) is 0 Å². The van der Waals surface area contributed by atoms with Crippen LogP contribution in [0.25, 0.3) is 0 Å². The van der Waals surface area contributed by atoms with Crippen molar-refractivity contribution in [1.82, 2.24) is 9.55 Å². The molecule has 9 nitrogen and oxygen atoms in total. The van der Waals surface area contributed by atoms with Crippen LogP contribution in [-0.2, 0) is 9.47 Å². The van der Waals surface area contributed by atoms with Gasteiger partial charge in [0.25, 0.3) is 5.56 Å². The predicted molar refractivity (Wildman–Crippen MR) is 76.3 cm³/mol. The van der Waals surface area contributed by atoms with Gasteiger partial charge in [-0.2, -0.15) is 0 Å². The molecule has 10 heteroatoms. The molecule has 128 valence electrons. The van der Waals surface area contributed by atoms with Gasteiger partial charge in [-0.15, -0.1) is 0 Å². The molecular formula is C13H18FN3O6. The molecule has 0 aliphatic carbocycles. The number of aliphatic hydroxyl groups is 2. The summed E-state index contributed by atoms with van der Waals surface area (Å²) < 4.78 is 24.2. The first-order valence-electron chi connectivity index (χ1n) is 7.28. The van der Waals surface area contributed by atoms with Crippen molar-refractivity contribution in [2.24, 2.45) is 0 Å². The number of rotatable bonds is 3. The van der Waals surface area contributed by atoms with Gasteiger partial charge in [0.2, 0.25) is 0 Å². The molecule has 0 amide bonds. The van der Waals surface area contributed by atoms with E-state index in [-0.39, 0.29) is 5.69 Å². The number of anilines is 1. The quantitative estimate of drug-likeness (QED) is 0.584. The molecule has 0 aromatic carbocycles. The van der Waals surface area contributed by atoms with Gasteiger partial charge in [-0.3, -0.25) is 14.3 Å². The summed E-state index contributed by atoms with van der Waals surface area (Å²) in [4.78, 5) is 27.9. The number of ether oxygens (including phenoxy) is 2. The number of aromatic nitrogens is 2. The Morgan fingerprint density at radius 1 is 1.26 bits per heavy atom. The summed E-state index contributed by atoms with van der Waals surface area (Å²) in [6, 6.07) is 0. The maximum atomic E-state index is 12.8. The van der Waals surface area contributed by atoms with E-state index in [9.17, 15) is 24.2 Å². The number of hydrogen-bond acceptors (Lipinski definition) is 7. The molecule has 2 aliphatic heterocycles. The number of halogens is 1. The average Bonchev–Trinajstić information content (AvgIpc) is 2.84. The van der Waals surface area contributed by atoms with Crippen molar-refractivity contribution < 1.29 is 24.1 Å². The van der Waals surface area contributed by atoms with Gasteiger partial charge in [0, 0.05) is 19.3 Å². The van der Waals surface area contributed by atoms with E-state index >= 15 is 0 Å². The standard InChI is InChI=1S/C13H18FN3O6/c14-5-8-9(18)10(19)12(23-8)17-6-7(11(20)15-13(17)21)16-1-3-22-4-2-16/h6,8-10,12,18-19H,1-5H2,(H,15,20,21)/t8-,9+,10+,12+/m0/s1. The van der Waals surface area contributed by atoms with E-state index in [1.165, 1.54) is 6.20 Å². The molecule has 4 atom stereocenters. The van der Waals surface area contributed by atoms with Gasteiger partial charge >= 0.3 is 5.69 Å². The van der Waals surface area contributed by atoms with E-state index in [0.717, 1.165) is 4.57 Å². The zero-order valence-electron chi connectivity index (χ0n) is 12.2. The molecule has 0 unspecified atom stereocenters. The highest BCUT2D eigenvalue weighted by molar-refractivity contribution is 5.42. The molecule has 3 rings (SSSR count). The topological polar surface area (TPSA) is 117 Å². The first-order chi connectivity index (χ1) is 11.0. The number of nitrogens with zero attached hydrogens (tertiary/aromatic N) is 2. The van der Waals surface area contributed by atoms with E-state index in [2.05, 4.69) is 4.98 Å². The molecule has 0 saturated carbocycles. The largest absolute Gasteiger partial charge is 0.387 e. The van der Waals surface area contributed by atoms with E-state index < -0.39 is 42.5 Å². The Morgan fingerprint density at radius 3 is 2.57 bits per heavy atom. The van der Waals surface area contributed by atoms with E-state index in [0.29, 0.717) is 26.3 Å². The van der Waals surface area contributed by atoms with Crippen LogP contribution < -0.4 is 16.1 Å². The molecule has 23 heavy (non-hydrogen) atoms. The summed E-state index contributed by atoms with van der Waals surface area (Å²) in [6.45, 7) is 0.854. The molecule has 1 aromatic rings. The minimum atomic E-state index is -1.48. The highest BCUT2D eigenvalue weighted by atomic mass is 19.1. The Labute approximate surface area is 129 Å². The smallest absolute Gasteiger partial charge is 0.330 e. The van der Waals surface area contributed by atoms with Crippen LogP contribution in [0.2, 0.25) is 0 Å². The Morgan fingerprint density at radius 2 is 1.96 bits per heavy atom. The first kappa shape index (κ1) is 16.1. The van der Waals surface area contributed by atoms with Gasteiger partial charge in [-0.1, -0.05) is 0 Å². The summed E-state index contributed by atoms with van der Waals surface area (Å²) in [5.41, 5.74) is -1.15. The van der Waals surface area contributed by atoms with Gasteiger partial charge < -0.3 is 24.6 Å². The lowest BCUT2D eigenvalue weighted by Crippen LogP contribution is -2.43. The summed E-state index contributed by atoms with van der Waals surface area (Å²) in [7, 11) is 0. The lowest BCUT2D eigenvalue weighted by molar-refractivity contribution is -0.0454. The highest BCUT2D eigenvalue weighted by Crippen LogP contribution is 2.29. The maximum absolute atomic E-state index is 12.8. The van der Waals surface area contributed by atoms with Crippen molar-refractivity contribution in [1.29, 1.82) is 0 Å². The zero-order chi connectivity index (χ0) is 16.6. The number of aliphatic hydroxyl groups excluding tert-OH is 2. The highest BCUT2D eigenvalue weighted by Gasteiger charge is 2.44. The third-order valence-electron chi connectivity index (χ3n) is 4.06. The SMILES string of the molecule is O=c1[nH]c(=O)n([C@@H]2O[C@@H](CF)[C@@H](O)[C@H]2O)cc1N1CCOCC1. The number of H-pyrrole nitrogens is 1. The molecule has 0 bridgehead atoms. The second kappa shape index (κ2) is 6.40. The van der Waals surface area contributed by atoms with Gasteiger partial charge in [0.05, 0.1) is 13.2 Å². The number of hydrogen-bond donors (Lipinski definition) is 3. The zero-order valence-corrected chi connectivity index (χ0v) is 12.2. The first-order valence-corrected chi connectivity index (χ1v) is 7.28. The number of morpholine rings is 1. The van der Waals surface area contributed by atoms with Gasteiger partial charge in [0.1, 0.15) is 30.7 Å². The molecule has 0 spiro atoms. The fraction of sp³-hybridized carbons (Fsp3) is 0.692. The summed E-state index contributed by atoms with van der Waals surface area (Å²) >= 11 is 0. The molecule has 3 heterocycles. The summed E-state index contributed by atoms with van der Waals surface area (Å²) in [5, 5.41) is 19.7. The fourth-order valence-corrected chi connectivity index (χ4v) is 2.78. The third-order valence-corrected chi connectivity index (χ3v) is 4.06. The van der Waals surface area contributed by atoms with Crippen molar-refractivity contribution >= 4 is 5.69 Å². The van der Waals surface area contributed by atoms with Crippen LogP contribution in [0, 0.1) is 0 Å². The van der Waals surface area contributed by atoms with Crippen LogP contribution in [0.5, 0.6) is 0 Å². The van der Waals surface area contributed by atoms with Crippen LogP contribution in [0.15, 0.2) is 15.8 Å². The van der Waals surface area contributed by atoms with Crippen molar-refractivity contribution in [2.45, 2.75) is 24.5 Å². The molecule has 3 N–H and O–H groups in total. The monoisotopic (exact) mass is 331 g/mol. The Hall–Kier alpha value is -1.75. The van der Waals surface area contributed by atoms with Crippen LogP contribution in [0.1, 0.15) is 6.23 Å². The molecule has 2 saturated heterocycles. The second-order valence-corrected chi connectivity index (χ2v) is 5.48. The lowest BCUT2D eigenvalue weighted by Gasteiger charge is -2.28. The summed E-state index contributed by atoms with van der Waals surface area (Å²) in [6.07, 6.45) is -4.16. The predicted octanol–water partition coefficient (Wildman–Crippen LogP) is -2.04. The van der Waals surface area contributed by atoms with Crippen LogP contribution in [-0.4, -0.2) is 71.1 Å². The van der Waals surface area contributed by atoms with Crippen LogP contribution >= 0.6 is 0 Å².